The minimum atomic E-state index is -1.99. The maximum absolute atomic E-state index is 12.9. The van der Waals surface area contributed by atoms with Crippen molar-refractivity contribution >= 4 is 52.7 Å². The Labute approximate surface area is 792 Å². The van der Waals surface area contributed by atoms with Crippen LogP contribution in [0, 0.1) is 0 Å². The van der Waals surface area contributed by atoms with Gasteiger partial charge in [-0.1, -0.05) is 50.7 Å². The van der Waals surface area contributed by atoms with Gasteiger partial charge in [-0.15, -0.1) is 0 Å². The third-order valence-corrected chi connectivity index (χ3v) is 24.5. The number of rotatable bonds is 62. The zero-order chi connectivity index (χ0) is 100.0. The Morgan fingerprint density at radius 1 is 0.307 bits per heavy atom. The van der Waals surface area contributed by atoms with Crippen LogP contribution < -0.4 is 30.7 Å². The number of aromatic carboxylic acids is 1. The van der Waals surface area contributed by atoms with E-state index < -0.39 is 242 Å². The Hall–Kier alpha value is -7.13. The summed E-state index contributed by atoms with van der Waals surface area (Å²) in [4.78, 5) is 113. The van der Waals surface area contributed by atoms with Gasteiger partial charge in [-0.2, -0.15) is 0 Å². The van der Waals surface area contributed by atoms with Crippen molar-refractivity contribution in [2.24, 2.45) is 0 Å². The van der Waals surface area contributed by atoms with Crippen LogP contribution in [-0.2, 0) is 95.2 Å². The third kappa shape index (κ3) is 35.8. The molecule has 8 rings (SSSR count). The van der Waals surface area contributed by atoms with Crippen LogP contribution in [0.15, 0.2) is 42.5 Å². The van der Waals surface area contributed by atoms with E-state index in [-0.39, 0.29) is 98.4 Å². The van der Waals surface area contributed by atoms with Gasteiger partial charge in [0.05, 0.1) is 45.2 Å². The van der Waals surface area contributed by atoms with Crippen LogP contribution >= 0.6 is 0 Å². The number of carbonyl (C=O) groups excluding carboxylic acids is 8. The quantitative estimate of drug-likeness (QED) is 0.0279. The number of aliphatic hydroxyl groups is 18. The van der Waals surface area contributed by atoms with Crippen LogP contribution in [0.5, 0.6) is 11.5 Å². The summed E-state index contributed by atoms with van der Waals surface area (Å²) >= 11 is 0. The molecule has 2 aromatic carbocycles. The molecule has 778 valence electrons. The lowest BCUT2D eigenvalue weighted by molar-refractivity contribution is -0.376. The molecular formula is C91H142N4O42. The molecule has 137 heavy (non-hydrogen) atoms. The van der Waals surface area contributed by atoms with Gasteiger partial charge in [0.1, 0.15) is 183 Å². The number of nitrogens with one attached hydrogen (secondary N) is 4. The third-order valence-electron chi connectivity index (χ3n) is 24.5. The summed E-state index contributed by atoms with van der Waals surface area (Å²) in [5.74, 6) is -2.30. The van der Waals surface area contributed by atoms with Gasteiger partial charge < -0.3 is 185 Å². The first-order chi connectivity index (χ1) is 65.6. The molecule has 6 heterocycles. The average Bonchev–Trinajstić information content (AvgIpc) is 0.774. The fourth-order valence-electron chi connectivity index (χ4n) is 16.7. The van der Waals surface area contributed by atoms with E-state index in [0.29, 0.717) is 158 Å². The topological polar surface area (TPSA) is 715 Å². The molecule has 46 nitrogen and oxygen atoms in total. The van der Waals surface area contributed by atoms with Gasteiger partial charge in [0, 0.05) is 91.5 Å². The molecule has 6 aliphatic rings. The second-order valence-corrected chi connectivity index (χ2v) is 35.2. The van der Waals surface area contributed by atoms with Crippen molar-refractivity contribution in [1.29, 1.82) is 0 Å². The molecule has 2 aromatic rings. The summed E-state index contributed by atoms with van der Waals surface area (Å²) in [6.07, 6.45) is -34.6. The first-order valence-electron chi connectivity index (χ1n) is 47.1. The van der Waals surface area contributed by atoms with Crippen molar-refractivity contribution in [1.82, 2.24) is 21.3 Å². The van der Waals surface area contributed by atoms with Crippen molar-refractivity contribution in [3.63, 3.8) is 0 Å². The zero-order valence-corrected chi connectivity index (χ0v) is 77.1. The van der Waals surface area contributed by atoms with Gasteiger partial charge in [-0.05, 0) is 119 Å². The number of unbranched alkanes of at least 4 members (excludes halogenated alkanes) is 12. The monoisotopic (exact) mass is 1960 g/mol. The first kappa shape index (κ1) is 115. The number of ether oxygens (including phenoxy) is 14. The summed E-state index contributed by atoms with van der Waals surface area (Å²) in [6, 6.07) is 8.50. The summed E-state index contributed by atoms with van der Waals surface area (Å²) in [5.41, 5.74) is 1.08. The number of hydrogen-bond acceptors (Lipinski definition) is 41. The van der Waals surface area contributed by atoms with E-state index in [1.54, 1.807) is 30.3 Å². The predicted octanol–water partition coefficient (Wildman–Crippen LogP) is -4.32. The molecule has 12 unspecified atom stereocenters. The van der Waals surface area contributed by atoms with Gasteiger partial charge in [0.25, 0.3) is 0 Å². The molecule has 30 atom stereocenters. The standard InChI is InChI=1S/C91H142N4O42/c1-48(102)94-67-73(114)81(134-90-79(120)83(71(112)61(42-98)130-90)136-88-77(118)75(116)69(110)59(40-96)128-88)63(44-100)132-86(67)124-35-19-15-23-53(104)21-11-7-17-33-92-65(108)27-13-5-3-9-25-55(106)46-126-57-31-29-50(30-32-57)51-37-52(85(122)123)39-58(38-51)127-47-56(107)26-10-4-6-14-28-66(109)93-34-18-8-12-22-54(105)24-16-20-36-125-87-68(95-49(2)103)74(115)82(64(45-101)133-87)135-91-80(121)84(72(113)62(43-99)131-91)137-89-78(119)76(117)70(111)60(41-97)129-89/h29-32,37-39,59-64,67-84,86-91,96-101,110-121H,3-28,33-36,40-47H2,1-2H3,(H,92,108)(H,93,109)(H,94,102)(H,95,103)(H,122,123)/t59?,60?,61?,62?,63?,64?,67?,68?,69-,70-,71-,72-,73+,74+,75-,76-,77?,78?,79?,80?,81+,82+,83-,84-,86+,87+,88+,89+,90-,91-/m0/s1. The smallest absolute Gasteiger partial charge is 0.335 e. The molecule has 0 bridgehead atoms. The van der Waals surface area contributed by atoms with Crippen molar-refractivity contribution in [3.8, 4) is 22.6 Å². The molecule has 6 fully saturated rings. The van der Waals surface area contributed by atoms with Crippen LogP contribution in [0.25, 0.3) is 11.1 Å². The number of Topliss-reactive ketones (excluding diaryl/α,β-unsaturated/α-hetero) is 4. The molecule has 23 N–H and O–H groups in total. The highest BCUT2D eigenvalue weighted by Crippen LogP contribution is 2.38. The zero-order valence-electron chi connectivity index (χ0n) is 77.1. The minimum absolute atomic E-state index is 0.00162. The molecule has 0 aromatic heterocycles. The molecule has 6 aliphatic heterocycles. The molecular weight excluding hydrogens is 1820 g/mol. The summed E-state index contributed by atoms with van der Waals surface area (Å²) < 4.78 is 80.2. The van der Waals surface area contributed by atoms with Crippen molar-refractivity contribution in [3.05, 3.63) is 48.0 Å². The number of carboxylic acid groups (broad SMARTS) is 1. The molecule has 6 saturated heterocycles. The number of ketones is 4. The fraction of sp³-hybridized carbons (Fsp3) is 0.769. The SMILES string of the molecule is CC(=O)NC1[C@H](OCCCCC(=O)CCCCCNC(=O)CCCCCCC(=O)COc2ccc(-c3cc(OCC(=O)CCCCCCC(=O)NCCCCCC(=O)CCCCO[C@@H]4OC(CO)[C@@H](O[C@@H]5OC(CO)[C@H](O)[C@H](O[C@H]6OC(CO)[C@H](O)[C@H](O)C6O)C5O)[C@H](O)C4NC(C)=O)cc(C(=O)O)c3)cc2)OC(CO)[C@@H](O[C@@H]2OC(CO)[C@H](O)[C@H](O[C@H]3OC(CO)[C@H](O)[C@H](O)C3O)C2O)[C@@H]1O. The molecule has 0 aliphatic carbocycles. The van der Waals surface area contributed by atoms with Gasteiger partial charge in [0.15, 0.2) is 49.3 Å². The van der Waals surface area contributed by atoms with E-state index in [0.717, 1.165) is 19.8 Å². The molecule has 0 saturated carbocycles. The lowest BCUT2D eigenvalue weighted by Crippen LogP contribution is -2.68. The van der Waals surface area contributed by atoms with Gasteiger partial charge >= 0.3 is 5.97 Å². The van der Waals surface area contributed by atoms with Gasteiger partial charge in [-0.3, -0.25) is 38.4 Å². The van der Waals surface area contributed by atoms with Gasteiger partial charge in [-0.25, -0.2) is 4.79 Å². The van der Waals surface area contributed by atoms with E-state index in [4.69, 9.17) is 66.3 Å². The number of carbonyl (C=O) groups is 9. The van der Waals surface area contributed by atoms with E-state index in [1.165, 1.54) is 19.1 Å². The fourth-order valence-corrected chi connectivity index (χ4v) is 16.7. The predicted molar refractivity (Wildman–Crippen MR) is 469 cm³/mol. The Morgan fingerprint density at radius 2 is 0.628 bits per heavy atom. The first-order valence-corrected chi connectivity index (χ1v) is 47.1. The molecule has 4 amide bonds. The van der Waals surface area contributed by atoms with Crippen molar-refractivity contribution in [2.75, 3.05) is 79.2 Å². The summed E-state index contributed by atoms with van der Waals surface area (Å²) in [6.45, 7) is -2.18. The summed E-state index contributed by atoms with van der Waals surface area (Å²) in [7, 11) is 0. The number of carboxylic acids is 1. The highest BCUT2D eigenvalue weighted by Gasteiger charge is 2.57. The Balaban J connectivity index is 0.601. The number of hydrogen-bond donors (Lipinski definition) is 23. The normalized spacial score (nSPS) is 31.7. The highest BCUT2D eigenvalue weighted by molar-refractivity contribution is 5.90. The van der Waals surface area contributed by atoms with Crippen molar-refractivity contribution in [2.45, 2.75) is 365 Å². The second kappa shape index (κ2) is 59.7. The van der Waals surface area contributed by atoms with Gasteiger partial charge in [0.2, 0.25) is 23.6 Å². The van der Waals surface area contributed by atoms with Crippen LogP contribution in [-0.4, -0.2) is 413 Å². The van der Waals surface area contributed by atoms with Crippen LogP contribution in [0.3, 0.4) is 0 Å². The van der Waals surface area contributed by atoms with Crippen molar-refractivity contribution < 1.29 is 206 Å². The van der Waals surface area contributed by atoms with Crippen LogP contribution in [0.1, 0.15) is 191 Å². The minimum Gasteiger partial charge on any atom is -0.486 e. The summed E-state index contributed by atoms with van der Waals surface area (Å²) in [5, 5.41) is 211. The maximum Gasteiger partial charge on any atom is 0.335 e. The number of aliphatic hydroxyl groups excluding tert-OH is 18. The van der Waals surface area contributed by atoms with E-state index in [1.807, 2.05) is 0 Å². The van der Waals surface area contributed by atoms with E-state index >= 15 is 0 Å². The highest BCUT2D eigenvalue weighted by atomic mass is 16.8. The lowest BCUT2D eigenvalue weighted by Gasteiger charge is -2.48. The largest absolute Gasteiger partial charge is 0.486 e. The molecule has 46 heteroatoms. The average molecular weight is 1960 g/mol. The van der Waals surface area contributed by atoms with Crippen LogP contribution in [0.2, 0.25) is 0 Å². The van der Waals surface area contributed by atoms with E-state index in [2.05, 4.69) is 21.3 Å². The molecule has 0 radical (unpaired) electrons. The number of benzene rings is 2. The number of amides is 4. The Bertz CT molecular complexity index is 3970. The Kier molecular flexibility index (Phi) is 50.2. The van der Waals surface area contributed by atoms with E-state index in [9.17, 15) is 140 Å². The maximum atomic E-state index is 12.9. The lowest BCUT2D eigenvalue weighted by atomic mass is 9.95. The molecule has 0 spiro atoms. The van der Waals surface area contributed by atoms with Crippen LogP contribution in [0.4, 0.5) is 0 Å². The second-order valence-electron chi connectivity index (χ2n) is 35.2. The Morgan fingerprint density at radius 3 is 0.993 bits per heavy atom.